The number of nitrogen functional groups attached to an aromatic ring is 1. The van der Waals surface area contributed by atoms with Crippen LogP contribution in [0.1, 0.15) is 11.1 Å². The number of aromatic nitrogens is 1. The van der Waals surface area contributed by atoms with Crippen molar-refractivity contribution >= 4 is 11.6 Å². The minimum absolute atomic E-state index is 0.0473. The summed E-state index contributed by atoms with van der Waals surface area (Å²) in [6.07, 6.45) is -1.44. The second kappa shape index (κ2) is 5.41. The molecule has 5 nitrogen and oxygen atoms in total. The average molecular weight is 286 g/mol. The Labute approximate surface area is 113 Å². The Balaban J connectivity index is 2.30. The van der Waals surface area contributed by atoms with Gasteiger partial charge in [0.15, 0.2) is 0 Å². The van der Waals surface area contributed by atoms with Crippen molar-refractivity contribution in [3.05, 3.63) is 41.9 Å². The summed E-state index contributed by atoms with van der Waals surface area (Å²) >= 11 is 0. The first-order chi connectivity index (χ1) is 9.40. The highest BCUT2D eigenvalue weighted by atomic mass is 19.4. The molecule has 0 bridgehead atoms. The minimum atomic E-state index is -4.46. The van der Waals surface area contributed by atoms with Crippen molar-refractivity contribution in [2.45, 2.75) is 12.7 Å². The third kappa shape index (κ3) is 3.21. The Morgan fingerprint density at radius 3 is 2.70 bits per heavy atom. The minimum Gasteiger partial charge on any atom is -0.472 e. The average Bonchev–Trinajstić information content (AvgIpc) is 2.90. The van der Waals surface area contributed by atoms with Crippen LogP contribution in [0.25, 0.3) is 0 Å². The van der Waals surface area contributed by atoms with Gasteiger partial charge >= 0.3 is 6.18 Å². The fraction of sp³-hybridized carbons (Fsp3) is 0.250. The molecule has 2 rings (SSSR count). The maximum absolute atomic E-state index is 12.8. The van der Waals surface area contributed by atoms with Crippen molar-refractivity contribution in [2.24, 2.45) is 5.84 Å². The summed E-state index contributed by atoms with van der Waals surface area (Å²) < 4.78 is 43.3. The molecule has 0 atom stereocenters. The molecule has 0 saturated heterocycles. The standard InChI is InChI=1S/C12H13F3N4O/c1-19(6-8-2-3-20-7-8)11-5-9(12(13,14)15)4-10(17-11)18-16/h2-5,7H,6,16H2,1H3,(H,17,18). The summed E-state index contributed by atoms with van der Waals surface area (Å²) in [6.45, 7) is 0.370. The third-order valence-corrected chi connectivity index (χ3v) is 2.68. The number of alkyl halides is 3. The van der Waals surface area contributed by atoms with Gasteiger partial charge in [0, 0.05) is 19.2 Å². The lowest BCUT2D eigenvalue weighted by atomic mass is 10.2. The number of halogens is 3. The quantitative estimate of drug-likeness (QED) is 0.668. The second-order valence-electron chi connectivity index (χ2n) is 4.23. The Bertz CT molecular complexity index is 569. The number of hydrogen-bond donors (Lipinski definition) is 2. The summed E-state index contributed by atoms with van der Waals surface area (Å²) in [4.78, 5) is 5.58. The van der Waals surface area contributed by atoms with Crippen molar-refractivity contribution in [2.75, 3.05) is 17.4 Å². The van der Waals surface area contributed by atoms with Crippen LogP contribution in [-0.4, -0.2) is 12.0 Å². The van der Waals surface area contributed by atoms with Crippen molar-refractivity contribution in [3.8, 4) is 0 Å². The molecule has 0 aliphatic rings. The fourth-order valence-corrected chi connectivity index (χ4v) is 1.69. The molecule has 2 aromatic heterocycles. The molecule has 20 heavy (non-hydrogen) atoms. The van der Waals surface area contributed by atoms with Crippen LogP contribution in [0, 0.1) is 0 Å². The molecule has 0 aromatic carbocycles. The van der Waals surface area contributed by atoms with Gasteiger partial charge in [-0.25, -0.2) is 10.8 Å². The zero-order valence-corrected chi connectivity index (χ0v) is 10.6. The van der Waals surface area contributed by atoms with E-state index in [2.05, 4.69) is 10.4 Å². The molecule has 2 aromatic rings. The number of nitrogens with two attached hydrogens (primary N) is 1. The third-order valence-electron chi connectivity index (χ3n) is 2.68. The fourth-order valence-electron chi connectivity index (χ4n) is 1.69. The van der Waals surface area contributed by atoms with E-state index in [1.165, 1.54) is 12.5 Å². The van der Waals surface area contributed by atoms with Crippen LogP contribution in [0.15, 0.2) is 35.1 Å². The van der Waals surface area contributed by atoms with Gasteiger partial charge in [0.05, 0.1) is 18.1 Å². The highest BCUT2D eigenvalue weighted by Crippen LogP contribution is 2.32. The summed E-state index contributed by atoms with van der Waals surface area (Å²) in [6, 6.07) is 3.56. The van der Waals surface area contributed by atoms with Gasteiger partial charge in [0.25, 0.3) is 0 Å². The Kier molecular flexibility index (Phi) is 3.84. The van der Waals surface area contributed by atoms with Gasteiger partial charge in [0.1, 0.15) is 11.6 Å². The number of anilines is 2. The van der Waals surface area contributed by atoms with Gasteiger partial charge in [-0.2, -0.15) is 13.2 Å². The normalized spacial score (nSPS) is 11.4. The van der Waals surface area contributed by atoms with E-state index in [9.17, 15) is 13.2 Å². The molecule has 0 saturated carbocycles. The van der Waals surface area contributed by atoms with Crippen LogP contribution >= 0.6 is 0 Å². The molecule has 0 amide bonds. The topological polar surface area (TPSA) is 67.3 Å². The summed E-state index contributed by atoms with van der Waals surface area (Å²) in [5, 5.41) is 0. The van der Waals surface area contributed by atoms with Crippen molar-refractivity contribution in [1.29, 1.82) is 0 Å². The number of rotatable bonds is 4. The van der Waals surface area contributed by atoms with Crippen LogP contribution < -0.4 is 16.2 Å². The smallest absolute Gasteiger partial charge is 0.416 e. The van der Waals surface area contributed by atoms with Crippen molar-refractivity contribution < 1.29 is 17.6 Å². The predicted molar refractivity (Wildman–Crippen MR) is 67.9 cm³/mol. The molecule has 8 heteroatoms. The number of furan rings is 1. The van der Waals surface area contributed by atoms with Crippen molar-refractivity contribution in [3.63, 3.8) is 0 Å². The molecular formula is C12H13F3N4O. The number of hydrogen-bond acceptors (Lipinski definition) is 5. The molecular weight excluding hydrogens is 273 g/mol. The number of nitrogens with one attached hydrogen (secondary N) is 1. The molecule has 0 aliphatic carbocycles. The summed E-state index contributed by atoms with van der Waals surface area (Å²) in [5.41, 5.74) is 2.15. The van der Waals surface area contributed by atoms with E-state index in [1.54, 1.807) is 18.0 Å². The zero-order valence-electron chi connectivity index (χ0n) is 10.6. The Morgan fingerprint density at radius 2 is 2.15 bits per heavy atom. The first kappa shape index (κ1) is 14.2. The highest BCUT2D eigenvalue weighted by molar-refractivity contribution is 5.50. The predicted octanol–water partition coefficient (Wildman–Crippen LogP) is 2.62. The lowest BCUT2D eigenvalue weighted by Gasteiger charge is -2.19. The van der Waals surface area contributed by atoms with Gasteiger partial charge in [-0.1, -0.05) is 0 Å². The highest BCUT2D eigenvalue weighted by Gasteiger charge is 2.32. The maximum Gasteiger partial charge on any atom is 0.416 e. The molecule has 3 N–H and O–H groups in total. The monoisotopic (exact) mass is 286 g/mol. The first-order valence-corrected chi connectivity index (χ1v) is 5.68. The summed E-state index contributed by atoms with van der Waals surface area (Å²) in [7, 11) is 1.63. The lowest BCUT2D eigenvalue weighted by molar-refractivity contribution is -0.137. The molecule has 2 heterocycles. The van der Waals surface area contributed by atoms with E-state index in [-0.39, 0.29) is 11.6 Å². The van der Waals surface area contributed by atoms with Gasteiger partial charge in [-0.15, -0.1) is 0 Å². The number of nitrogens with zero attached hydrogens (tertiary/aromatic N) is 2. The number of hydrazine groups is 1. The second-order valence-corrected chi connectivity index (χ2v) is 4.23. The molecule has 0 unspecified atom stereocenters. The molecule has 0 radical (unpaired) electrons. The maximum atomic E-state index is 12.8. The molecule has 108 valence electrons. The Morgan fingerprint density at radius 1 is 1.40 bits per heavy atom. The zero-order chi connectivity index (χ0) is 14.8. The van der Waals surface area contributed by atoms with E-state index < -0.39 is 11.7 Å². The van der Waals surface area contributed by atoms with Crippen LogP contribution in [0.3, 0.4) is 0 Å². The van der Waals surface area contributed by atoms with Crippen molar-refractivity contribution in [1.82, 2.24) is 4.98 Å². The van der Waals surface area contributed by atoms with Crippen LogP contribution in [0.4, 0.5) is 24.8 Å². The van der Waals surface area contributed by atoms with E-state index >= 15 is 0 Å². The van der Waals surface area contributed by atoms with E-state index in [0.717, 1.165) is 17.7 Å². The Hall–Kier alpha value is -2.22. The van der Waals surface area contributed by atoms with E-state index in [1.807, 2.05) is 0 Å². The van der Waals surface area contributed by atoms with E-state index in [4.69, 9.17) is 10.3 Å². The van der Waals surface area contributed by atoms with Gasteiger partial charge in [-0.05, 0) is 18.2 Å². The molecule has 0 spiro atoms. The van der Waals surface area contributed by atoms with Crippen LogP contribution in [0.2, 0.25) is 0 Å². The largest absolute Gasteiger partial charge is 0.472 e. The summed E-state index contributed by atoms with van der Waals surface area (Å²) in [5.74, 6) is 5.27. The van der Waals surface area contributed by atoms with Crippen LogP contribution in [-0.2, 0) is 12.7 Å². The first-order valence-electron chi connectivity index (χ1n) is 5.68. The molecule has 0 aliphatic heterocycles. The SMILES string of the molecule is CN(Cc1ccoc1)c1cc(C(F)(F)F)cc(NN)n1. The van der Waals surface area contributed by atoms with Crippen LogP contribution in [0.5, 0.6) is 0 Å². The van der Waals surface area contributed by atoms with Gasteiger partial charge in [-0.3, -0.25) is 0 Å². The molecule has 0 fully saturated rings. The van der Waals surface area contributed by atoms with Gasteiger partial charge < -0.3 is 14.7 Å². The van der Waals surface area contributed by atoms with E-state index in [0.29, 0.717) is 6.54 Å². The number of pyridine rings is 1. The van der Waals surface area contributed by atoms with Gasteiger partial charge in [0.2, 0.25) is 0 Å². The lowest BCUT2D eigenvalue weighted by Crippen LogP contribution is -2.20.